The predicted octanol–water partition coefficient (Wildman–Crippen LogP) is 1.29. The lowest BCUT2D eigenvalue weighted by Crippen LogP contribution is -2.42. The molecule has 6 nitrogen and oxygen atoms in total. The fourth-order valence-electron chi connectivity index (χ4n) is 2.30. The van der Waals surface area contributed by atoms with Gasteiger partial charge in [0.1, 0.15) is 0 Å². The lowest BCUT2D eigenvalue weighted by Gasteiger charge is -2.31. The number of hydrogen-bond donors (Lipinski definition) is 1. The monoisotopic (exact) mass is 277 g/mol. The maximum Gasteiger partial charge on any atom is 0.229 e. The molecule has 1 aromatic heterocycles. The molecule has 1 aromatic rings. The van der Waals surface area contributed by atoms with Gasteiger partial charge in [-0.1, -0.05) is 0 Å². The van der Waals surface area contributed by atoms with E-state index < -0.39 is 0 Å². The minimum Gasteiger partial charge on any atom is -0.481 e. The van der Waals surface area contributed by atoms with Crippen LogP contribution in [-0.2, 0) is 9.59 Å². The van der Waals surface area contributed by atoms with Gasteiger partial charge in [0.25, 0.3) is 0 Å². The van der Waals surface area contributed by atoms with Crippen LogP contribution in [0.25, 0.3) is 0 Å². The van der Waals surface area contributed by atoms with Crippen LogP contribution in [0.15, 0.2) is 18.3 Å². The first kappa shape index (κ1) is 14.3. The number of hydrogen-bond acceptors (Lipinski definition) is 4. The van der Waals surface area contributed by atoms with E-state index in [4.69, 9.17) is 4.74 Å². The molecule has 1 N–H and O–H groups in total. The van der Waals surface area contributed by atoms with E-state index in [1.54, 1.807) is 30.3 Å². The number of likely N-dealkylation sites (tertiary alicyclic amines) is 1. The minimum absolute atomic E-state index is 0.0219. The number of carbonyl (C=O) groups excluding carboxylic acids is 2. The van der Waals surface area contributed by atoms with Crippen molar-refractivity contribution in [3.8, 4) is 5.88 Å². The van der Waals surface area contributed by atoms with Crippen molar-refractivity contribution in [3.05, 3.63) is 18.3 Å². The van der Waals surface area contributed by atoms with Gasteiger partial charge in [0.2, 0.25) is 17.7 Å². The molecule has 0 unspecified atom stereocenters. The quantitative estimate of drug-likeness (QED) is 0.903. The molecule has 1 atom stereocenters. The maximum absolute atomic E-state index is 12.2. The van der Waals surface area contributed by atoms with E-state index in [1.807, 2.05) is 0 Å². The number of nitrogens with zero attached hydrogens (tertiary/aromatic N) is 2. The normalized spacial score (nSPS) is 18.5. The van der Waals surface area contributed by atoms with Crippen LogP contribution in [0.1, 0.15) is 19.8 Å². The van der Waals surface area contributed by atoms with Gasteiger partial charge in [-0.15, -0.1) is 0 Å². The van der Waals surface area contributed by atoms with Crippen molar-refractivity contribution in [3.63, 3.8) is 0 Å². The molecule has 1 saturated heterocycles. The predicted molar refractivity (Wildman–Crippen MR) is 74.4 cm³/mol. The number of carbonyl (C=O) groups is 2. The minimum atomic E-state index is -0.158. The third-order valence-corrected chi connectivity index (χ3v) is 3.45. The zero-order valence-corrected chi connectivity index (χ0v) is 11.8. The first-order chi connectivity index (χ1) is 9.60. The highest BCUT2D eigenvalue weighted by molar-refractivity contribution is 5.93. The Morgan fingerprint density at radius 2 is 2.25 bits per heavy atom. The van der Waals surface area contributed by atoms with Gasteiger partial charge < -0.3 is 15.0 Å². The van der Waals surface area contributed by atoms with Gasteiger partial charge in [0.05, 0.1) is 24.9 Å². The van der Waals surface area contributed by atoms with Crippen molar-refractivity contribution in [1.29, 1.82) is 0 Å². The molecule has 0 aliphatic carbocycles. The van der Waals surface area contributed by atoms with Crippen LogP contribution in [0.2, 0.25) is 0 Å². The van der Waals surface area contributed by atoms with E-state index in [9.17, 15) is 9.59 Å². The second-order valence-electron chi connectivity index (χ2n) is 4.88. The molecule has 0 radical (unpaired) electrons. The number of ether oxygens (including phenoxy) is 1. The Hall–Kier alpha value is -2.11. The van der Waals surface area contributed by atoms with Gasteiger partial charge in [0.15, 0.2) is 0 Å². The SMILES string of the molecule is COc1ccc(NC(=O)[C@H]2CCCN(C(C)=O)C2)cn1. The van der Waals surface area contributed by atoms with Crippen molar-refractivity contribution in [1.82, 2.24) is 9.88 Å². The molecule has 108 valence electrons. The van der Waals surface area contributed by atoms with Crippen molar-refractivity contribution in [2.45, 2.75) is 19.8 Å². The summed E-state index contributed by atoms with van der Waals surface area (Å²) < 4.78 is 4.96. The average molecular weight is 277 g/mol. The average Bonchev–Trinajstić information content (AvgIpc) is 2.48. The standard InChI is InChI=1S/C14H19N3O3/c1-10(18)17-7-3-4-11(9-17)14(19)16-12-5-6-13(20-2)15-8-12/h5-6,8,11H,3-4,7,9H2,1-2H3,(H,16,19)/t11-/m0/s1. The summed E-state index contributed by atoms with van der Waals surface area (Å²) >= 11 is 0. The molecule has 6 heteroatoms. The number of rotatable bonds is 3. The number of aromatic nitrogens is 1. The number of nitrogens with one attached hydrogen (secondary N) is 1. The Bertz CT molecular complexity index is 487. The Morgan fingerprint density at radius 3 is 2.85 bits per heavy atom. The molecule has 2 rings (SSSR count). The highest BCUT2D eigenvalue weighted by Crippen LogP contribution is 2.19. The highest BCUT2D eigenvalue weighted by Gasteiger charge is 2.26. The number of pyridine rings is 1. The van der Waals surface area contributed by atoms with Crippen LogP contribution in [0, 0.1) is 5.92 Å². The summed E-state index contributed by atoms with van der Waals surface area (Å²) in [5, 5.41) is 2.83. The summed E-state index contributed by atoms with van der Waals surface area (Å²) in [7, 11) is 1.54. The number of methoxy groups -OCH3 is 1. The smallest absolute Gasteiger partial charge is 0.229 e. The highest BCUT2D eigenvalue weighted by atomic mass is 16.5. The van der Waals surface area contributed by atoms with Crippen LogP contribution < -0.4 is 10.1 Å². The van der Waals surface area contributed by atoms with Crippen LogP contribution in [0.3, 0.4) is 0 Å². The molecule has 1 fully saturated rings. The van der Waals surface area contributed by atoms with E-state index in [-0.39, 0.29) is 17.7 Å². The van der Waals surface area contributed by atoms with Gasteiger partial charge in [-0.3, -0.25) is 9.59 Å². The zero-order chi connectivity index (χ0) is 14.5. The van der Waals surface area contributed by atoms with Crippen molar-refractivity contribution in [2.75, 3.05) is 25.5 Å². The van der Waals surface area contributed by atoms with Crippen molar-refractivity contribution in [2.24, 2.45) is 5.92 Å². The first-order valence-corrected chi connectivity index (χ1v) is 6.66. The molecule has 0 saturated carbocycles. The Kier molecular flexibility index (Phi) is 4.55. The molecule has 2 amide bonds. The second kappa shape index (κ2) is 6.36. The third-order valence-electron chi connectivity index (χ3n) is 3.45. The van der Waals surface area contributed by atoms with Gasteiger partial charge in [-0.2, -0.15) is 0 Å². The molecule has 0 aromatic carbocycles. The summed E-state index contributed by atoms with van der Waals surface area (Å²) in [5.41, 5.74) is 0.635. The van der Waals surface area contributed by atoms with Gasteiger partial charge in [-0.25, -0.2) is 4.98 Å². The molecule has 1 aliphatic rings. The van der Waals surface area contributed by atoms with E-state index in [0.29, 0.717) is 18.1 Å². The van der Waals surface area contributed by atoms with E-state index in [2.05, 4.69) is 10.3 Å². The van der Waals surface area contributed by atoms with Crippen LogP contribution in [0.5, 0.6) is 5.88 Å². The van der Waals surface area contributed by atoms with Crippen LogP contribution in [0.4, 0.5) is 5.69 Å². The lowest BCUT2D eigenvalue weighted by molar-refractivity contribution is -0.132. The molecule has 0 spiro atoms. The topological polar surface area (TPSA) is 71.5 Å². The summed E-state index contributed by atoms with van der Waals surface area (Å²) in [6.07, 6.45) is 3.22. The van der Waals surface area contributed by atoms with Crippen LogP contribution >= 0.6 is 0 Å². The zero-order valence-electron chi connectivity index (χ0n) is 11.8. The molecular weight excluding hydrogens is 258 g/mol. The van der Waals surface area contributed by atoms with Crippen LogP contribution in [-0.4, -0.2) is 41.9 Å². The van der Waals surface area contributed by atoms with Gasteiger partial charge >= 0.3 is 0 Å². The van der Waals surface area contributed by atoms with E-state index in [1.165, 1.54) is 6.92 Å². The Balaban J connectivity index is 1.95. The van der Waals surface area contributed by atoms with Crippen molar-refractivity contribution < 1.29 is 14.3 Å². The van der Waals surface area contributed by atoms with E-state index in [0.717, 1.165) is 19.4 Å². The third kappa shape index (κ3) is 3.46. The maximum atomic E-state index is 12.2. The van der Waals surface area contributed by atoms with Crippen molar-refractivity contribution >= 4 is 17.5 Å². The fourth-order valence-corrected chi connectivity index (χ4v) is 2.30. The summed E-state index contributed by atoms with van der Waals surface area (Å²) in [6, 6.07) is 3.44. The van der Waals surface area contributed by atoms with Gasteiger partial charge in [-0.05, 0) is 18.9 Å². The second-order valence-corrected chi connectivity index (χ2v) is 4.88. The Labute approximate surface area is 118 Å². The molecule has 1 aliphatic heterocycles. The lowest BCUT2D eigenvalue weighted by atomic mass is 9.97. The molecule has 0 bridgehead atoms. The van der Waals surface area contributed by atoms with E-state index >= 15 is 0 Å². The first-order valence-electron chi connectivity index (χ1n) is 6.66. The summed E-state index contributed by atoms with van der Waals surface area (Å²) in [5.74, 6) is 0.301. The number of anilines is 1. The van der Waals surface area contributed by atoms with Gasteiger partial charge in [0, 0.05) is 26.1 Å². The number of piperidine rings is 1. The summed E-state index contributed by atoms with van der Waals surface area (Å²) in [4.78, 5) is 29.3. The molecular formula is C14H19N3O3. The fraction of sp³-hybridized carbons (Fsp3) is 0.500. The largest absolute Gasteiger partial charge is 0.481 e. The Morgan fingerprint density at radius 1 is 1.45 bits per heavy atom. The number of amides is 2. The summed E-state index contributed by atoms with van der Waals surface area (Å²) in [6.45, 7) is 2.77. The molecule has 20 heavy (non-hydrogen) atoms. The molecule has 2 heterocycles.